The molecule has 130 valence electrons. The Morgan fingerprint density at radius 1 is 1.16 bits per heavy atom. The van der Waals surface area contributed by atoms with E-state index >= 15 is 0 Å². The molecule has 1 heterocycles. The van der Waals surface area contributed by atoms with E-state index in [4.69, 9.17) is 10.00 Å². The van der Waals surface area contributed by atoms with E-state index in [-0.39, 0.29) is 11.9 Å². The fourth-order valence-corrected chi connectivity index (χ4v) is 3.01. The number of nitriles is 1. The maximum Gasteiger partial charge on any atom is 0.129 e. The molecular formula is C20H22FN3O. The SMILES string of the molecule is N#Cc1ccc(CN[C@H](CN2CCOCC2)c2ccccc2)c(F)c1. The average molecular weight is 339 g/mol. The minimum absolute atomic E-state index is 0.106. The van der Waals surface area contributed by atoms with Gasteiger partial charge in [-0.25, -0.2) is 4.39 Å². The van der Waals surface area contributed by atoms with Gasteiger partial charge >= 0.3 is 0 Å². The van der Waals surface area contributed by atoms with E-state index in [0.29, 0.717) is 17.7 Å². The van der Waals surface area contributed by atoms with Gasteiger partial charge in [-0.1, -0.05) is 36.4 Å². The van der Waals surface area contributed by atoms with Gasteiger partial charge in [0.1, 0.15) is 5.82 Å². The Kier molecular flexibility index (Phi) is 6.13. The molecule has 5 heteroatoms. The van der Waals surface area contributed by atoms with Crippen LogP contribution in [0.15, 0.2) is 48.5 Å². The minimum atomic E-state index is -0.343. The van der Waals surface area contributed by atoms with E-state index in [9.17, 15) is 4.39 Å². The summed E-state index contributed by atoms with van der Waals surface area (Å²) in [5.74, 6) is -0.343. The topological polar surface area (TPSA) is 48.3 Å². The zero-order valence-electron chi connectivity index (χ0n) is 14.1. The molecule has 0 radical (unpaired) electrons. The van der Waals surface area contributed by atoms with Crippen LogP contribution in [0.3, 0.4) is 0 Å². The van der Waals surface area contributed by atoms with Gasteiger partial charge in [0.25, 0.3) is 0 Å². The van der Waals surface area contributed by atoms with E-state index in [2.05, 4.69) is 22.3 Å². The second-order valence-corrected chi connectivity index (χ2v) is 6.18. The second kappa shape index (κ2) is 8.72. The second-order valence-electron chi connectivity index (χ2n) is 6.18. The molecule has 1 aliphatic heterocycles. The van der Waals surface area contributed by atoms with Crippen molar-refractivity contribution in [3.05, 3.63) is 71.0 Å². The molecule has 25 heavy (non-hydrogen) atoms. The molecule has 0 unspecified atom stereocenters. The van der Waals surface area contributed by atoms with Crippen molar-refractivity contribution < 1.29 is 9.13 Å². The number of morpholine rings is 1. The first-order chi connectivity index (χ1) is 12.3. The summed E-state index contributed by atoms with van der Waals surface area (Å²) in [6.07, 6.45) is 0. The zero-order valence-corrected chi connectivity index (χ0v) is 14.1. The third-order valence-corrected chi connectivity index (χ3v) is 4.47. The van der Waals surface area contributed by atoms with Crippen molar-refractivity contribution in [2.45, 2.75) is 12.6 Å². The van der Waals surface area contributed by atoms with Crippen LogP contribution in [0, 0.1) is 17.1 Å². The number of nitrogens with zero attached hydrogens (tertiary/aromatic N) is 2. The summed E-state index contributed by atoms with van der Waals surface area (Å²) in [5, 5.41) is 12.3. The van der Waals surface area contributed by atoms with Crippen molar-refractivity contribution in [3.63, 3.8) is 0 Å². The predicted octanol–water partition coefficient (Wildman–Crippen LogP) is 2.86. The van der Waals surface area contributed by atoms with E-state index in [0.717, 1.165) is 32.8 Å². The Morgan fingerprint density at radius 2 is 1.92 bits per heavy atom. The van der Waals surface area contributed by atoms with Crippen LogP contribution < -0.4 is 5.32 Å². The van der Waals surface area contributed by atoms with Crippen molar-refractivity contribution in [2.75, 3.05) is 32.8 Å². The van der Waals surface area contributed by atoms with Crippen molar-refractivity contribution in [3.8, 4) is 6.07 Å². The van der Waals surface area contributed by atoms with Crippen molar-refractivity contribution >= 4 is 0 Å². The molecule has 0 saturated carbocycles. The van der Waals surface area contributed by atoms with Gasteiger partial charge in [-0.3, -0.25) is 4.90 Å². The minimum Gasteiger partial charge on any atom is -0.379 e. The highest BCUT2D eigenvalue weighted by molar-refractivity contribution is 5.33. The molecule has 1 N–H and O–H groups in total. The van der Waals surface area contributed by atoms with Crippen LogP contribution in [-0.4, -0.2) is 37.7 Å². The Morgan fingerprint density at radius 3 is 2.60 bits per heavy atom. The van der Waals surface area contributed by atoms with Crippen LogP contribution in [0.25, 0.3) is 0 Å². The molecular weight excluding hydrogens is 317 g/mol. The normalized spacial score (nSPS) is 16.3. The summed E-state index contributed by atoms with van der Waals surface area (Å²) in [4.78, 5) is 2.36. The molecule has 4 nitrogen and oxygen atoms in total. The van der Waals surface area contributed by atoms with Crippen LogP contribution in [0.2, 0.25) is 0 Å². The Hall–Kier alpha value is -2.26. The molecule has 0 amide bonds. The van der Waals surface area contributed by atoms with E-state index in [1.54, 1.807) is 12.1 Å². The largest absolute Gasteiger partial charge is 0.379 e. The lowest BCUT2D eigenvalue weighted by atomic mass is 10.0. The van der Waals surface area contributed by atoms with Gasteiger partial charge in [0.15, 0.2) is 0 Å². The quantitative estimate of drug-likeness (QED) is 0.879. The van der Waals surface area contributed by atoms with Gasteiger partial charge in [0, 0.05) is 37.8 Å². The lowest BCUT2D eigenvalue weighted by Gasteiger charge is -2.31. The Bertz CT molecular complexity index is 723. The van der Waals surface area contributed by atoms with Crippen LogP contribution in [0.1, 0.15) is 22.7 Å². The number of hydrogen-bond acceptors (Lipinski definition) is 4. The standard InChI is InChI=1S/C20H22FN3O/c21-19-12-16(13-22)6-7-18(19)14-23-20(17-4-2-1-3-5-17)15-24-8-10-25-11-9-24/h1-7,12,20,23H,8-11,14-15H2/t20-/m1/s1. The van der Waals surface area contributed by atoms with Crippen LogP contribution in [-0.2, 0) is 11.3 Å². The van der Waals surface area contributed by atoms with Crippen molar-refractivity contribution in [1.29, 1.82) is 5.26 Å². The van der Waals surface area contributed by atoms with Gasteiger partial charge in [0.05, 0.1) is 24.8 Å². The highest BCUT2D eigenvalue weighted by Crippen LogP contribution is 2.17. The number of hydrogen-bond donors (Lipinski definition) is 1. The monoisotopic (exact) mass is 339 g/mol. The van der Waals surface area contributed by atoms with E-state index < -0.39 is 0 Å². The highest BCUT2D eigenvalue weighted by Gasteiger charge is 2.18. The van der Waals surface area contributed by atoms with Gasteiger partial charge in [-0.15, -0.1) is 0 Å². The fourth-order valence-electron chi connectivity index (χ4n) is 3.01. The zero-order chi connectivity index (χ0) is 17.5. The number of rotatable bonds is 6. The first-order valence-electron chi connectivity index (χ1n) is 8.53. The number of nitrogens with one attached hydrogen (secondary N) is 1. The lowest BCUT2D eigenvalue weighted by Crippen LogP contribution is -2.41. The Balaban J connectivity index is 1.70. The van der Waals surface area contributed by atoms with Gasteiger partial charge < -0.3 is 10.1 Å². The van der Waals surface area contributed by atoms with Gasteiger partial charge in [-0.2, -0.15) is 5.26 Å². The first kappa shape index (κ1) is 17.6. The van der Waals surface area contributed by atoms with E-state index in [1.807, 2.05) is 24.3 Å². The lowest BCUT2D eigenvalue weighted by molar-refractivity contribution is 0.0333. The highest BCUT2D eigenvalue weighted by atomic mass is 19.1. The van der Waals surface area contributed by atoms with Crippen molar-refractivity contribution in [1.82, 2.24) is 10.2 Å². The molecule has 2 aromatic rings. The maximum atomic E-state index is 14.1. The summed E-state index contributed by atoms with van der Waals surface area (Å²) in [7, 11) is 0. The van der Waals surface area contributed by atoms with Crippen LogP contribution in [0.4, 0.5) is 4.39 Å². The molecule has 1 fully saturated rings. The smallest absolute Gasteiger partial charge is 0.129 e. The number of benzene rings is 2. The number of halogens is 1. The summed E-state index contributed by atoms with van der Waals surface area (Å²) >= 11 is 0. The maximum absolute atomic E-state index is 14.1. The van der Waals surface area contributed by atoms with Crippen molar-refractivity contribution in [2.24, 2.45) is 0 Å². The molecule has 3 rings (SSSR count). The summed E-state index contributed by atoms with van der Waals surface area (Å²) in [6.45, 7) is 4.61. The molecule has 0 bridgehead atoms. The molecule has 0 spiro atoms. The van der Waals surface area contributed by atoms with Gasteiger partial charge in [-0.05, 0) is 17.7 Å². The average Bonchev–Trinajstić information content (AvgIpc) is 2.67. The third kappa shape index (κ3) is 4.86. The molecule has 1 aliphatic rings. The van der Waals surface area contributed by atoms with Crippen LogP contribution in [0.5, 0.6) is 0 Å². The summed E-state index contributed by atoms with van der Waals surface area (Å²) in [5.41, 5.74) is 2.10. The van der Waals surface area contributed by atoms with Crippen LogP contribution >= 0.6 is 0 Å². The molecule has 0 aliphatic carbocycles. The van der Waals surface area contributed by atoms with E-state index in [1.165, 1.54) is 11.6 Å². The fraction of sp³-hybridized carbons (Fsp3) is 0.350. The Labute approximate surface area is 147 Å². The molecule has 0 aromatic heterocycles. The van der Waals surface area contributed by atoms with Gasteiger partial charge in [0.2, 0.25) is 0 Å². The number of ether oxygens (including phenoxy) is 1. The first-order valence-corrected chi connectivity index (χ1v) is 8.53. The summed E-state index contributed by atoms with van der Waals surface area (Å²) in [6, 6.07) is 16.9. The third-order valence-electron chi connectivity index (χ3n) is 4.47. The molecule has 2 aromatic carbocycles. The summed E-state index contributed by atoms with van der Waals surface area (Å²) < 4.78 is 19.5. The molecule has 1 atom stereocenters. The molecule has 1 saturated heterocycles. The predicted molar refractivity (Wildman–Crippen MR) is 94.4 cm³/mol.